The minimum absolute atomic E-state index is 0. The molecule has 2 N–H and O–H groups in total. The van der Waals surface area contributed by atoms with Crippen molar-refractivity contribution in [2.45, 2.75) is 19.4 Å². The Hall–Kier alpha value is -0.400. The number of hydrogen-bond donors (Lipinski definition) is 2. The molecule has 1 aromatic carbocycles. The Morgan fingerprint density at radius 1 is 1.39 bits per heavy atom. The molecule has 0 saturated carbocycles. The van der Waals surface area contributed by atoms with Crippen molar-refractivity contribution in [3.63, 3.8) is 0 Å². The van der Waals surface area contributed by atoms with Gasteiger partial charge in [0.2, 0.25) is 0 Å². The smallest absolute Gasteiger partial charge is 0.167 e. The number of benzene rings is 1. The largest absolute Gasteiger partial charge is 0.506 e. The Morgan fingerprint density at radius 3 is 2.48 bits per heavy atom. The SMILES string of the molecule is C=C(C)C[C@@H](c1c(O)c(Br)cc(F)c1F)N1CCNCC1.Cl.Cl. The van der Waals surface area contributed by atoms with Crippen LogP contribution in [0.3, 0.4) is 0 Å². The lowest BCUT2D eigenvalue weighted by Crippen LogP contribution is -2.45. The van der Waals surface area contributed by atoms with Gasteiger partial charge in [0.05, 0.1) is 10.0 Å². The number of rotatable bonds is 4. The minimum Gasteiger partial charge on any atom is -0.506 e. The highest BCUT2D eigenvalue weighted by Gasteiger charge is 2.30. The topological polar surface area (TPSA) is 35.5 Å². The predicted molar refractivity (Wildman–Crippen MR) is 96.8 cm³/mol. The van der Waals surface area contributed by atoms with Crippen molar-refractivity contribution in [1.82, 2.24) is 10.2 Å². The second kappa shape index (κ2) is 9.79. The molecule has 8 heteroatoms. The lowest BCUT2D eigenvalue weighted by Gasteiger charge is -2.36. The van der Waals surface area contributed by atoms with Gasteiger partial charge in [-0.3, -0.25) is 4.90 Å². The maximum Gasteiger partial charge on any atom is 0.167 e. The quantitative estimate of drug-likeness (QED) is 0.552. The molecule has 1 fully saturated rings. The summed E-state index contributed by atoms with van der Waals surface area (Å²) in [7, 11) is 0. The van der Waals surface area contributed by atoms with Crippen LogP contribution in [0, 0.1) is 11.6 Å². The highest BCUT2D eigenvalue weighted by atomic mass is 79.9. The molecule has 0 unspecified atom stereocenters. The number of halogens is 5. The van der Waals surface area contributed by atoms with E-state index >= 15 is 0 Å². The van der Waals surface area contributed by atoms with Gasteiger partial charge < -0.3 is 10.4 Å². The zero-order valence-electron chi connectivity index (χ0n) is 12.7. The zero-order valence-corrected chi connectivity index (χ0v) is 16.0. The number of hydrogen-bond acceptors (Lipinski definition) is 3. The highest BCUT2D eigenvalue weighted by Crippen LogP contribution is 2.40. The van der Waals surface area contributed by atoms with E-state index in [4.69, 9.17) is 0 Å². The van der Waals surface area contributed by atoms with Crippen molar-refractivity contribution in [3.8, 4) is 5.75 Å². The van der Waals surface area contributed by atoms with E-state index in [0.29, 0.717) is 19.5 Å². The lowest BCUT2D eigenvalue weighted by molar-refractivity contribution is 0.165. The van der Waals surface area contributed by atoms with E-state index in [9.17, 15) is 13.9 Å². The van der Waals surface area contributed by atoms with Crippen LogP contribution < -0.4 is 5.32 Å². The first-order chi connectivity index (χ1) is 9.91. The molecule has 1 aromatic rings. The van der Waals surface area contributed by atoms with Crippen LogP contribution >= 0.6 is 40.7 Å². The van der Waals surface area contributed by atoms with E-state index in [2.05, 4.69) is 32.7 Å². The monoisotopic (exact) mass is 432 g/mol. The summed E-state index contributed by atoms with van der Waals surface area (Å²) in [5.41, 5.74) is 0.865. The first-order valence-electron chi connectivity index (χ1n) is 6.87. The van der Waals surface area contributed by atoms with Gasteiger partial charge in [0, 0.05) is 32.2 Å². The molecule has 0 aromatic heterocycles. The maximum atomic E-state index is 14.3. The van der Waals surface area contributed by atoms with Crippen molar-refractivity contribution >= 4 is 40.7 Å². The molecular formula is C15H21BrCl2F2N2O. The van der Waals surface area contributed by atoms with Crippen LogP contribution in [-0.4, -0.2) is 36.2 Å². The molecule has 1 atom stereocenters. The second-order valence-corrected chi connectivity index (χ2v) is 6.23. The van der Waals surface area contributed by atoms with E-state index in [0.717, 1.165) is 24.7 Å². The Kier molecular flexibility index (Phi) is 9.62. The predicted octanol–water partition coefficient (Wildman–Crippen LogP) is 4.19. The Morgan fingerprint density at radius 2 is 1.96 bits per heavy atom. The first-order valence-corrected chi connectivity index (χ1v) is 7.66. The van der Waals surface area contributed by atoms with Gasteiger partial charge >= 0.3 is 0 Å². The molecule has 0 spiro atoms. The van der Waals surface area contributed by atoms with Crippen LogP contribution in [0.25, 0.3) is 0 Å². The van der Waals surface area contributed by atoms with Crippen molar-refractivity contribution in [2.24, 2.45) is 0 Å². The summed E-state index contributed by atoms with van der Waals surface area (Å²) >= 11 is 3.08. The van der Waals surface area contributed by atoms with Gasteiger partial charge in [0.15, 0.2) is 11.6 Å². The van der Waals surface area contributed by atoms with Crippen LogP contribution in [0.4, 0.5) is 8.78 Å². The molecular weight excluding hydrogens is 413 g/mol. The van der Waals surface area contributed by atoms with Crippen LogP contribution in [-0.2, 0) is 0 Å². The molecule has 1 saturated heterocycles. The number of piperazine rings is 1. The number of phenols is 1. The molecule has 1 aliphatic heterocycles. The molecule has 23 heavy (non-hydrogen) atoms. The van der Waals surface area contributed by atoms with Gasteiger partial charge in [-0.1, -0.05) is 5.57 Å². The molecule has 0 amide bonds. The summed E-state index contributed by atoms with van der Waals surface area (Å²) in [5, 5.41) is 13.4. The fourth-order valence-corrected chi connectivity index (χ4v) is 3.06. The van der Waals surface area contributed by atoms with Gasteiger partial charge in [-0.05, 0) is 35.3 Å². The van der Waals surface area contributed by atoms with Gasteiger partial charge in [-0.25, -0.2) is 8.78 Å². The number of nitrogens with one attached hydrogen (secondary N) is 1. The lowest BCUT2D eigenvalue weighted by atomic mass is 9.96. The van der Waals surface area contributed by atoms with Crippen LogP contribution in [0.1, 0.15) is 24.9 Å². The molecule has 0 aliphatic carbocycles. The third kappa shape index (κ3) is 5.29. The average molecular weight is 434 g/mol. The van der Waals surface area contributed by atoms with Gasteiger partial charge in [0.1, 0.15) is 5.75 Å². The van der Waals surface area contributed by atoms with Crippen LogP contribution in [0.5, 0.6) is 5.75 Å². The molecule has 1 aliphatic rings. The molecule has 1 heterocycles. The van der Waals surface area contributed by atoms with E-state index in [1.54, 1.807) is 0 Å². The minimum atomic E-state index is -0.986. The summed E-state index contributed by atoms with van der Waals surface area (Å²) in [6.07, 6.45) is 0.473. The highest BCUT2D eigenvalue weighted by molar-refractivity contribution is 9.10. The molecule has 2 rings (SSSR count). The van der Waals surface area contributed by atoms with Crippen molar-refractivity contribution in [2.75, 3.05) is 26.2 Å². The summed E-state index contributed by atoms with van der Waals surface area (Å²) in [6.45, 7) is 8.71. The van der Waals surface area contributed by atoms with Crippen LogP contribution in [0.2, 0.25) is 0 Å². The summed E-state index contributed by atoms with van der Waals surface area (Å²) < 4.78 is 28.2. The molecule has 0 bridgehead atoms. The van der Waals surface area contributed by atoms with E-state index < -0.39 is 17.7 Å². The third-order valence-corrected chi connectivity index (χ3v) is 4.25. The number of phenolic OH excluding ortho intramolecular Hbond substituents is 1. The fourth-order valence-electron chi connectivity index (χ4n) is 2.65. The molecule has 132 valence electrons. The van der Waals surface area contributed by atoms with Crippen molar-refractivity contribution in [1.29, 1.82) is 0 Å². The Balaban J connectivity index is 0.00000242. The van der Waals surface area contributed by atoms with Gasteiger partial charge in [-0.2, -0.15) is 0 Å². The van der Waals surface area contributed by atoms with Crippen molar-refractivity contribution in [3.05, 3.63) is 39.9 Å². The van der Waals surface area contributed by atoms with E-state index in [1.807, 2.05) is 6.92 Å². The summed E-state index contributed by atoms with van der Waals surface area (Å²) in [4.78, 5) is 2.05. The van der Waals surface area contributed by atoms with E-state index in [1.165, 1.54) is 0 Å². The Labute approximate surface area is 156 Å². The average Bonchev–Trinajstić information content (AvgIpc) is 2.45. The van der Waals surface area contributed by atoms with Gasteiger partial charge in [0.25, 0.3) is 0 Å². The summed E-state index contributed by atoms with van der Waals surface area (Å²) in [5.74, 6) is -2.18. The number of aromatic hydroxyl groups is 1. The summed E-state index contributed by atoms with van der Waals surface area (Å²) in [6, 6.07) is 0.528. The zero-order chi connectivity index (χ0) is 15.6. The van der Waals surface area contributed by atoms with Gasteiger partial charge in [-0.15, -0.1) is 31.4 Å². The Bertz CT molecular complexity index is 529. The standard InChI is InChI=1S/C15H19BrF2N2O.2ClH/c1-9(2)7-12(20-5-3-19-4-6-20)13-14(18)11(17)8-10(16)15(13)21;;/h8,12,19,21H,1,3-7H2,2H3;2*1H/t12-;;/m0../s1. The molecule has 3 nitrogen and oxygen atoms in total. The van der Waals surface area contributed by atoms with E-state index in [-0.39, 0.29) is 40.6 Å². The first kappa shape index (κ1) is 22.6. The second-order valence-electron chi connectivity index (χ2n) is 5.38. The van der Waals surface area contributed by atoms with Crippen LogP contribution in [0.15, 0.2) is 22.7 Å². The number of nitrogens with zero attached hydrogens (tertiary/aromatic N) is 1. The normalized spacial score (nSPS) is 16.2. The maximum absolute atomic E-state index is 14.3. The fraction of sp³-hybridized carbons (Fsp3) is 0.467. The third-order valence-electron chi connectivity index (χ3n) is 3.65. The molecule has 0 radical (unpaired) electrons. The van der Waals surface area contributed by atoms with Crippen molar-refractivity contribution < 1.29 is 13.9 Å².